The van der Waals surface area contributed by atoms with Gasteiger partial charge in [-0.05, 0) is 24.5 Å². The highest BCUT2D eigenvalue weighted by Crippen LogP contribution is 2.16. The topological polar surface area (TPSA) is 97.2 Å². The van der Waals surface area contributed by atoms with Gasteiger partial charge < -0.3 is 9.84 Å². The van der Waals surface area contributed by atoms with Gasteiger partial charge in [-0.25, -0.2) is 4.79 Å². The molecule has 0 saturated heterocycles. The zero-order valence-corrected chi connectivity index (χ0v) is 14.8. The minimum absolute atomic E-state index is 0.0220. The van der Waals surface area contributed by atoms with Crippen LogP contribution in [0.4, 0.5) is 0 Å². The molecule has 3 rings (SSSR count). The Morgan fingerprint density at radius 2 is 2.12 bits per heavy atom. The Kier molecular flexibility index (Phi) is 5.57. The summed E-state index contributed by atoms with van der Waals surface area (Å²) in [5.74, 6) is 0. The summed E-state index contributed by atoms with van der Waals surface area (Å²) < 4.78 is 7.80. The Balaban J connectivity index is 1.71. The molecule has 0 amide bonds. The second-order valence-electron chi connectivity index (χ2n) is 6.15. The van der Waals surface area contributed by atoms with E-state index in [0.717, 1.165) is 16.6 Å². The lowest BCUT2D eigenvalue weighted by atomic mass is 10.2. The second-order valence-corrected chi connectivity index (χ2v) is 6.55. The summed E-state index contributed by atoms with van der Waals surface area (Å²) in [7, 11) is 0. The van der Waals surface area contributed by atoms with E-state index >= 15 is 0 Å². The van der Waals surface area contributed by atoms with Crippen LogP contribution in [-0.2, 0) is 30.9 Å². The molecule has 1 aromatic carbocycles. The first-order valence-electron chi connectivity index (χ1n) is 8.28. The Hall–Kier alpha value is -2.40. The molecule has 2 aromatic rings. The van der Waals surface area contributed by atoms with Crippen LogP contribution in [-0.4, -0.2) is 27.0 Å². The lowest BCUT2D eigenvalue weighted by Crippen LogP contribution is -2.44. The Labute approximate surface area is 154 Å². The van der Waals surface area contributed by atoms with Crippen molar-refractivity contribution in [3.05, 3.63) is 66.9 Å². The van der Waals surface area contributed by atoms with E-state index in [1.807, 2.05) is 18.2 Å². The van der Waals surface area contributed by atoms with E-state index in [-0.39, 0.29) is 25.3 Å². The van der Waals surface area contributed by atoms with Gasteiger partial charge >= 0.3 is 5.69 Å². The normalized spacial score (nSPS) is 14.0. The molecule has 2 heterocycles. The number of fused-ring (bicyclic) bond motifs is 1. The number of aliphatic hydroxyl groups is 1. The van der Waals surface area contributed by atoms with Crippen LogP contribution in [0.1, 0.15) is 23.2 Å². The fourth-order valence-corrected chi connectivity index (χ4v) is 3.28. The maximum Gasteiger partial charge on any atom is 0.331 e. The molecule has 0 saturated carbocycles. The summed E-state index contributed by atoms with van der Waals surface area (Å²) in [5.41, 5.74) is 0.0971. The first kappa shape index (κ1) is 18.4. The van der Waals surface area contributed by atoms with E-state index < -0.39 is 17.4 Å². The van der Waals surface area contributed by atoms with Crippen LogP contribution < -0.4 is 11.2 Å². The van der Waals surface area contributed by atoms with Crippen molar-refractivity contribution in [1.29, 1.82) is 5.26 Å². The number of aromatic nitrogens is 2. The van der Waals surface area contributed by atoms with Gasteiger partial charge in [0.2, 0.25) is 0 Å². The van der Waals surface area contributed by atoms with Crippen LogP contribution >= 0.6 is 11.6 Å². The maximum absolute atomic E-state index is 12.5. The van der Waals surface area contributed by atoms with E-state index in [1.54, 1.807) is 12.1 Å². The van der Waals surface area contributed by atoms with Gasteiger partial charge in [-0.1, -0.05) is 29.8 Å². The van der Waals surface area contributed by atoms with Crippen LogP contribution in [0.3, 0.4) is 0 Å². The van der Waals surface area contributed by atoms with Crippen LogP contribution in [0.25, 0.3) is 0 Å². The van der Waals surface area contributed by atoms with Crippen LogP contribution in [0.2, 0.25) is 5.02 Å². The summed E-state index contributed by atoms with van der Waals surface area (Å²) in [4.78, 5) is 24.9. The highest BCUT2D eigenvalue weighted by molar-refractivity contribution is 6.31. The highest BCUT2D eigenvalue weighted by Gasteiger charge is 2.23. The van der Waals surface area contributed by atoms with Crippen molar-refractivity contribution in [2.24, 2.45) is 0 Å². The molecule has 0 fully saturated rings. The average Bonchev–Trinajstić information content (AvgIpc) is 3.10. The Morgan fingerprint density at radius 1 is 1.35 bits per heavy atom. The second kappa shape index (κ2) is 7.87. The number of nitriles is 1. The number of aliphatic hydroxyl groups excluding tert-OH is 1. The molecule has 0 bridgehead atoms. The van der Waals surface area contributed by atoms with Crippen molar-refractivity contribution in [2.45, 2.75) is 38.6 Å². The monoisotopic (exact) mass is 375 g/mol. The van der Waals surface area contributed by atoms with Crippen molar-refractivity contribution in [3.8, 4) is 6.07 Å². The van der Waals surface area contributed by atoms with Gasteiger partial charge in [0.25, 0.3) is 5.56 Å². The first-order valence-corrected chi connectivity index (χ1v) is 8.66. The quantitative estimate of drug-likeness (QED) is 0.814. The van der Waals surface area contributed by atoms with Crippen molar-refractivity contribution in [2.75, 3.05) is 6.61 Å². The third-order valence-electron chi connectivity index (χ3n) is 4.36. The van der Waals surface area contributed by atoms with E-state index in [2.05, 4.69) is 0 Å². The Morgan fingerprint density at radius 3 is 2.85 bits per heavy atom. The number of hydrogen-bond acceptors (Lipinski definition) is 5. The summed E-state index contributed by atoms with van der Waals surface area (Å²) in [6.07, 6.45) is 0.198. The number of ether oxygens (including phenoxy) is 1. The number of nitrogens with zero attached hydrogens (tertiary/aromatic N) is 3. The minimum Gasteiger partial charge on any atom is -0.389 e. The number of halogens is 1. The summed E-state index contributed by atoms with van der Waals surface area (Å²) in [6.45, 7) is 0.385. The van der Waals surface area contributed by atoms with E-state index in [4.69, 9.17) is 16.3 Å². The molecular formula is C18H18ClN3O4. The van der Waals surface area contributed by atoms with Crippen molar-refractivity contribution in [1.82, 2.24) is 9.13 Å². The average molecular weight is 376 g/mol. The molecule has 1 aliphatic heterocycles. The lowest BCUT2D eigenvalue weighted by molar-refractivity contribution is 0.0191. The number of hydrogen-bond donors (Lipinski definition) is 1. The highest BCUT2D eigenvalue weighted by atomic mass is 35.5. The molecule has 8 heteroatoms. The van der Waals surface area contributed by atoms with E-state index in [1.165, 1.54) is 4.57 Å². The largest absolute Gasteiger partial charge is 0.389 e. The summed E-state index contributed by atoms with van der Waals surface area (Å²) >= 11 is 6.04. The van der Waals surface area contributed by atoms with Crippen LogP contribution in [0, 0.1) is 11.3 Å². The zero-order valence-electron chi connectivity index (χ0n) is 14.0. The summed E-state index contributed by atoms with van der Waals surface area (Å²) in [6, 6.07) is 9.07. The fraction of sp³-hybridized carbons (Fsp3) is 0.389. The van der Waals surface area contributed by atoms with Gasteiger partial charge in [0.05, 0.1) is 25.9 Å². The van der Waals surface area contributed by atoms with Crippen LogP contribution in [0.5, 0.6) is 0 Å². The molecule has 0 aliphatic carbocycles. The van der Waals surface area contributed by atoms with E-state index in [9.17, 15) is 20.0 Å². The molecule has 1 aliphatic rings. The molecule has 1 aromatic heterocycles. The van der Waals surface area contributed by atoms with Crippen LogP contribution in [0.15, 0.2) is 33.9 Å². The molecule has 0 spiro atoms. The standard InChI is InChI=1S/C18H18ClN3O4/c19-15-5-2-1-4-12(15)10-26-11-13(23)9-22-17(24)14(8-20)16-6-3-7-21(16)18(22)25/h1-2,4-5,13,23H,3,6-7,9-11H2. The third-order valence-corrected chi connectivity index (χ3v) is 4.73. The fourth-order valence-electron chi connectivity index (χ4n) is 3.09. The molecule has 26 heavy (non-hydrogen) atoms. The third kappa shape index (κ3) is 3.58. The number of rotatable bonds is 6. The van der Waals surface area contributed by atoms with Crippen molar-refractivity contribution in [3.63, 3.8) is 0 Å². The SMILES string of the molecule is N#Cc1c2n(c(=O)n(CC(O)COCc3ccccc3Cl)c1=O)CCC2. The minimum atomic E-state index is -1.06. The van der Waals surface area contributed by atoms with E-state index in [0.29, 0.717) is 23.7 Å². The molecule has 1 atom stereocenters. The van der Waals surface area contributed by atoms with Gasteiger partial charge in [0, 0.05) is 17.3 Å². The summed E-state index contributed by atoms with van der Waals surface area (Å²) in [5, 5.41) is 20.0. The number of benzene rings is 1. The van der Waals surface area contributed by atoms with Gasteiger partial charge in [0.1, 0.15) is 11.6 Å². The first-order chi connectivity index (χ1) is 12.5. The van der Waals surface area contributed by atoms with Crippen molar-refractivity contribution >= 4 is 11.6 Å². The molecule has 0 radical (unpaired) electrons. The van der Waals surface area contributed by atoms with Crippen molar-refractivity contribution < 1.29 is 9.84 Å². The Bertz CT molecular complexity index is 974. The van der Waals surface area contributed by atoms with Gasteiger partial charge in [0.15, 0.2) is 0 Å². The predicted octanol–water partition coefficient (Wildman–Crippen LogP) is 1.06. The smallest absolute Gasteiger partial charge is 0.331 e. The maximum atomic E-state index is 12.5. The molecule has 1 N–H and O–H groups in total. The molecule has 7 nitrogen and oxygen atoms in total. The molecule has 1 unspecified atom stereocenters. The molecule has 136 valence electrons. The van der Waals surface area contributed by atoms with Gasteiger partial charge in [-0.3, -0.25) is 13.9 Å². The molecular weight excluding hydrogens is 358 g/mol. The van der Waals surface area contributed by atoms with Gasteiger partial charge in [-0.15, -0.1) is 0 Å². The lowest BCUT2D eigenvalue weighted by Gasteiger charge is -2.15. The zero-order chi connectivity index (χ0) is 18.7. The van der Waals surface area contributed by atoms with Gasteiger partial charge in [-0.2, -0.15) is 5.26 Å². The predicted molar refractivity (Wildman–Crippen MR) is 95.1 cm³/mol.